The Morgan fingerprint density at radius 2 is 1.86 bits per heavy atom. The number of ketones is 1. The molecule has 0 aromatic heterocycles. The normalized spacial score (nSPS) is 11.4. The summed E-state index contributed by atoms with van der Waals surface area (Å²) in [5, 5.41) is 0. The lowest BCUT2D eigenvalue weighted by Crippen LogP contribution is -2.42. The van der Waals surface area contributed by atoms with Gasteiger partial charge in [0.25, 0.3) is 0 Å². The van der Waals surface area contributed by atoms with Gasteiger partial charge in [-0.3, -0.25) is 4.79 Å². The van der Waals surface area contributed by atoms with Crippen LogP contribution in [0.2, 0.25) is 0 Å². The number of hydrogen-bond donors (Lipinski definition) is 1. The molecule has 0 saturated heterocycles. The summed E-state index contributed by atoms with van der Waals surface area (Å²) in [4.78, 5) is 11.5. The third-order valence-corrected chi connectivity index (χ3v) is 2.00. The van der Waals surface area contributed by atoms with Crippen molar-refractivity contribution in [3.63, 3.8) is 0 Å². The molecule has 1 aromatic carbocycles. The lowest BCUT2D eigenvalue weighted by Gasteiger charge is -2.16. The Kier molecular flexibility index (Phi) is 3.01. The summed E-state index contributed by atoms with van der Waals surface area (Å²) in [6.45, 7) is 3.33. The van der Waals surface area contributed by atoms with E-state index in [-0.39, 0.29) is 18.0 Å². The summed E-state index contributed by atoms with van der Waals surface area (Å²) in [6, 6.07) is 5.87. The van der Waals surface area contributed by atoms with E-state index < -0.39 is 5.54 Å². The number of nitrogens with two attached hydrogens (primary N) is 1. The highest BCUT2D eigenvalue weighted by Gasteiger charge is 2.21. The molecule has 0 saturated carbocycles. The summed E-state index contributed by atoms with van der Waals surface area (Å²) in [6.07, 6.45) is 0.254. The SMILES string of the molecule is CC(C)(N)C(=O)Cc1ccc(F)cc1. The van der Waals surface area contributed by atoms with E-state index in [4.69, 9.17) is 5.73 Å². The Labute approximate surface area is 82.9 Å². The largest absolute Gasteiger partial charge is 0.319 e. The Hall–Kier alpha value is -1.22. The molecule has 0 aliphatic heterocycles. The molecule has 0 atom stereocenters. The van der Waals surface area contributed by atoms with E-state index in [1.165, 1.54) is 12.1 Å². The van der Waals surface area contributed by atoms with E-state index in [2.05, 4.69) is 0 Å². The summed E-state index contributed by atoms with van der Waals surface area (Å²) < 4.78 is 12.5. The molecule has 0 radical (unpaired) electrons. The standard InChI is InChI=1S/C11H14FNO/c1-11(2,13)10(14)7-8-3-5-9(12)6-4-8/h3-6H,7,13H2,1-2H3. The van der Waals surface area contributed by atoms with Crippen molar-refractivity contribution >= 4 is 5.78 Å². The van der Waals surface area contributed by atoms with Crippen molar-refractivity contribution in [2.45, 2.75) is 25.8 Å². The first kappa shape index (κ1) is 10.9. The molecule has 0 fully saturated rings. The monoisotopic (exact) mass is 195 g/mol. The van der Waals surface area contributed by atoms with Crippen molar-refractivity contribution < 1.29 is 9.18 Å². The van der Waals surface area contributed by atoms with E-state index in [1.807, 2.05) is 0 Å². The van der Waals surface area contributed by atoms with Gasteiger partial charge in [-0.05, 0) is 31.5 Å². The molecule has 2 N–H and O–H groups in total. The lowest BCUT2D eigenvalue weighted by atomic mass is 9.95. The van der Waals surface area contributed by atoms with Gasteiger partial charge < -0.3 is 5.73 Å². The predicted octanol–water partition coefficient (Wildman–Crippen LogP) is 1.67. The van der Waals surface area contributed by atoms with Crippen LogP contribution in [-0.2, 0) is 11.2 Å². The van der Waals surface area contributed by atoms with E-state index in [0.717, 1.165) is 5.56 Å². The zero-order valence-electron chi connectivity index (χ0n) is 8.38. The van der Waals surface area contributed by atoms with Gasteiger partial charge in [0.05, 0.1) is 5.54 Å². The van der Waals surface area contributed by atoms with Crippen LogP contribution < -0.4 is 5.73 Å². The first-order valence-electron chi connectivity index (χ1n) is 4.46. The topological polar surface area (TPSA) is 43.1 Å². The minimum Gasteiger partial charge on any atom is -0.319 e. The smallest absolute Gasteiger partial charge is 0.156 e. The number of carbonyl (C=O) groups excluding carboxylic acids is 1. The number of halogens is 1. The van der Waals surface area contributed by atoms with E-state index in [9.17, 15) is 9.18 Å². The second-order valence-corrected chi connectivity index (χ2v) is 3.95. The van der Waals surface area contributed by atoms with Crippen LogP contribution in [0.1, 0.15) is 19.4 Å². The second kappa shape index (κ2) is 3.88. The molecule has 2 nitrogen and oxygen atoms in total. The van der Waals surface area contributed by atoms with Gasteiger partial charge in [-0.15, -0.1) is 0 Å². The average Bonchev–Trinajstić information content (AvgIpc) is 2.07. The fourth-order valence-electron chi connectivity index (χ4n) is 1.02. The van der Waals surface area contributed by atoms with Crippen LogP contribution in [0.5, 0.6) is 0 Å². The fraction of sp³-hybridized carbons (Fsp3) is 0.364. The Balaban J connectivity index is 2.71. The summed E-state index contributed by atoms with van der Waals surface area (Å²) in [7, 11) is 0. The molecule has 1 aromatic rings. The number of benzene rings is 1. The Morgan fingerprint density at radius 3 is 2.29 bits per heavy atom. The van der Waals surface area contributed by atoms with Crippen molar-refractivity contribution in [2.75, 3.05) is 0 Å². The highest BCUT2D eigenvalue weighted by atomic mass is 19.1. The van der Waals surface area contributed by atoms with Gasteiger partial charge in [0.2, 0.25) is 0 Å². The van der Waals surface area contributed by atoms with Crippen molar-refractivity contribution in [1.82, 2.24) is 0 Å². The third-order valence-electron chi connectivity index (χ3n) is 2.00. The van der Waals surface area contributed by atoms with Crippen LogP contribution in [0.3, 0.4) is 0 Å². The molecule has 0 spiro atoms. The minimum absolute atomic E-state index is 0.0518. The molecule has 0 amide bonds. The minimum atomic E-state index is -0.825. The molecular formula is C11H14FNO. The molecule has 1 rings (SSSR count). The van der Waals surface area contributed by atoms with Crippen LogP contribution in [0.4, 0.5) is 4.39 Å². The van der Waals surface area contributed by atoms with Gasteiger partial charge in [0.1, 0.15) is 5.82 Å². The Bertz CT molecular complexity index is 324. The van der Waals surface area contributed by atoms with E-state index in [1.54, 1.807) is 26.0 Å². The summed E-state index contributed by atoms with van der Waals surface area (Å²) >= 11 is 0. The van der Waals surface area contributed by atoms with Gasteiger partial charge in [0, 0.05) is 6.42 Å². The Morgan fingerprint density at radius 1 is 1.36 bits per heavy atom. The van der Waals surface area contributed by atoms with Gasteiger partial charge in [-0.1, -0.05) is 12.1 Å². The van der Waals surface area contributed by atoms with E-state index >= 15 is 0 Å². The zero-order valence-corrected chi connectivity index (χ0v) is 8.38. The maximum absolute atomic E-state index is 12.5. The lowest BCUT2D eigenvalue weighted by molar-refractivity contribution is -0.122. The molecular weight excluding hydrogens is 181 g/mol. The first-order chi connectivity index (χ1) is 6.39. The van der Waals surface area contributed by atoms with Crippen LogP contribution >= 0.6 is 0 Å². The van der Waals surface area contributed by atoms with Crippen LogP contribution in [0, 0.1) is 5.82 Å². The van der Waals surface area contributed by atoms with Crippen molar-refractivity contribution in [1.29, 1.82) is 0 Å². The van der Waals surface area contributed by atoms with Gasteiger partial charge >= 0.3 is 0 Å². The molecule has 14 heavy (non-hydrogen) atoms. The fourth-order valence-corrected chi connectivity index (χ4v) is 1.02. The molecule has 0 unspecified atom stereocenters. The number of rotatable bonds is 3. The quantitative estimate of drug-likeness (QED) is 0.797. The number of Topliss-reactive ketones (excluding diaryl/α,β-unsaturated/α-hetero) is 1. The summed E-state index contributed by atoms with van der Waals surface area (Å²) in [5.74, 6) is -0.350. The second-order valence-electron chi connectivity index (χ2n) is 3.95. The molecule has 0 aliphatic rings. The van der Waals surface area contributed by atoms with Gasteiger partial charge in [-0.2, -0.15) is 0 Å². The highest BCUT2D eigenvalue weighted by Crippen LogP contribution is 2.08. The number of carbonyl (C=O) groups is 1. The first-order valence-corrected chi connectivity index (χ1v) is 4.46. The van der Waals surface area contributed by atoms with E-state index in [0.29, 0.717) is 0 Å². The molecule has 0 heterocycles. The van der Waals surface area contributed by atoms with Crippen molar-refractivity contribution in [2.24, 2.45) is 5.73 Å². The molecule has 0 aliphatic carbocycles. The zero-order chi connectivity index (χ0) is 10.8. The van der Waals surface area contributed by atoms with Crippen molar-refractivity contribution in [3.05, 3.63) is 35.6 Å². The van der Waals surface area contributed by atoms with Crippen molar-refractivity contribution in [3.8, 4) is 0 Å². The average molecular weight is 195 g/mol. The third kappa shape index (κ3) is 2.92. The van der Waals surface area contributed by atoms with Crippen LogP contribution in [0.25, 0.3) is 0 Å². The van der Waals surface area contributed by atoms with Crippen LogP contribution in [0.15, 0.2) is 24.3 Å². The number of hydrogen-bond acceptors (Lipinski definition) is 2. The maximum atomic E-state index is 12.5. The van der Waals surface area contributed by atoms with Gasteiger partial charge in [0.15, 0.2) is 5.78 Å². The highest BCUT2D eigenvalue weighted by molar-refractivity contribution is 5.89. The summed E-state index contributed by atoms with van der Waals surface area (Å²) in [5.41, 5.74) is 5.60. The van der Waals surface area contributed by atoms with Crippen LogP contribution in [-0.4, -0.2) is 11.3 Å². The molecule has 3 heteroatoms. The maximum Gasteiger partial charge on any atom is 0.156 e. The molecule has 76 valence electrons. The molecule has 0 bridgehead atoms. The van der Waals surface area contributed by atoms with Gasteiger partial charge in [-0.25, -0.2) is 4.39 Å². The predicted molar refractivity (Wildman–Crippen MR) is 53.4 cm³/mol.